The van der Waals surface area contributed by atoms with E-state index in [4.69, 9.17) is 0 Å². The molecule has 2 N–H and O–H groups in total. The summed E-state index contributed by atoms with van der Waals surface area (Å²) in [7, 11) is 0. The minimum Gasteiger partial charge on any atom is -0.388 e. The summed E-state index contributed by atoms with van der Waals surface area (Å²) in [4.78, 5) is 0. The average Bonchev–Trinajstić information content (AvgIpc) is 2.17. The molecule has 2 atom stereocenters. The minimum atomic E-state index is -0.554. The SMILES string of the molecule is CSCC(C)(O)CNC1CCCSC1. The van der Waals surface area contributed by atoms with Crippen molar-refractivity contribution in [2.45, 2.75) is 31.4 Å². The van der Waals surface area contributed by atoms with Gasteiger partial charge in [0, 0.05) is 24.1 Å². The molecule has 0 aromatic carbocycles. The van der Waals surface area contributed by atoms with Gasteiger partial charge in [-0.15, -0.1) is 0 Å². The molecule has 1 fully saturated rings. The van der Waals surface area contributed by atoms with Gasteiger partial charge in [-0.25, -0.2) is 0 Å². The van der Waals surface area contributed by atoms with E-state index in [0.717, 1.165) is 12.3 Å². The number of hydrogen-bond acceptors (Lipinski definition) is 4. The second-order valence-corrected chi connectivity index (χ2v) is 6.24. The Labute approximate surface area is 95.6 Å². The molecule has 0 aromatic rings. The van der Waals surface area contributed by atoms with Crippen LogP contribution in [0.1, 0.15) is 19.8 Å². The zero-order valence-corrected chi connectivity index (χ0v) is 10.7. The van der Waals surface area contributed by atoms with Crippen LogP contribution in [0.25, 0.3) is 0 Å². The Morgan fingerprint density at radius 3 is 3.00 bits per heavy atom. The highest BCUT2D eigenvalue weighted by molar-refractivity contribution is 7.99. The van der Waals surface area contributed by atoms with Crippen molar-refractivity contribution in [1.29, 1.82) is 0 Å². The van der Waals surface area contributed by atoms with Crippen LogP contribution in [-0.4, -0.2) is 46.8 Å². The maximum atomic E-state index is 9.95. The summed E-state index contributed by atoms with van der Waals surface area (Å²) in [6, 6.07) is 0.613. The van der Waals surface area contributed by atoms with E-state index >= 15 is 0 Å². The Hall–Kier alpha value is 0.620. The summed E-state index contributed by atoms with van der Waals surface area (Å²) < 4.78 is 0. The van der Waals surface area contributed by atoms with Crippen LogP contribution >= 0.6 is 23.5 Å². The van der Waals surface area contributed by atoms with Gasteiger partial charge < -0.3 is 10.4 Å². The van der Waals surface area contributed by atoms with Crippen LogP contribution in [-0.2, 0) is 0 Å². The van der Waals surface area contributed by atoms with Crippen molar-refractivity contribution in [3.05, 3.63) is 0 Å². The molecule has 84 valence electrons. The van der Waals surface area contributed by atoms with Gasteiger partial charge in [0.15, 0.2) is 0 Å². The first-order chi connectivity index (χ1) is 6.64. The van der Waals surface area contributed by atoms with Gasteiger partial charge in [0.1, 0.15) is 0 Å². The largest absolute Gasteiger partial charge is 0.388 e. The lowest BCUT2D eigenvalue weighted by Crippen LogP contribution is -2.45. The van der Waals surface area contributed by atoms with E-state index in [1.165, 1.54) is 24.3 Å². The summed E-state index contributed by atoms with van der Waals surface area (Å²) in [5.74, 6) is 3.31. The first-order valence-electron chi connectivity index (χ1n) is 5.16. The summed E-state index contributed by atoms with van der Waals surface area (Å²) in [5, 5.41) is 13.4. The van der Waals surface area contributed by atoms with Gasteiger partial charge in [0.2, 0.25) is 0 Å². The minimum absolute atomic E-state index is 0.554. The summed E-state index contributed by atoms with van der Waals surface area (Å²) in [6.45, 7) is 2.63. The molecule has 4 heteroatoms. The molecule has 0 saturated carbocycles. The topological polar surface area (TPSA) is 32.3 Å². The quantitative estimate of drug-likeness (QED) is 0.758. The summed E-state index contributed by atoms with van der Waals surface area (Å²) in [6.07, 6.45) is 4.61. The second kappa shape index (κ2) is 6.26. The molecule has 0 amide bonds. The molecule has 2 unspecified atom stereocenters. The third-order valence-corrected chi connectivity index (χ3v) is 4.51. The standard InChI is InChI=1S/C10H21NOS2/c1-10(12,8-13-2)7-11-9-4-3-5-14-6-9/h9,11-12H,3-8H2,1-2H3. The molecular weight excluding hydrogens is 214 g/mol. The molecule has 2 nitrogen and oxygen atoms in total. The monoisotopic (exact) mass is 235 g/mol. The average molecular weight is 235 g/mol. The smallest absolute Gasteiger partial charge is 0.0833 e. The second-order valence-electron chi connectivity index (χ2n) is 4.22. The van der Waals surface area contributed by atoms with Crippen molar-refractivity contribution in [1.82, 2.24) is 5.32 Å². The molecule has 0 aromatic heterocycles. The molecule has 1 saturated heterocycles. The fraction of sp³-hybridized carbons (Fsp3) is 1.00. The predicted molar refractivity (Wildman–Crippen MR) is 67.4 cm³/mol. The lowest BCUT2D eigenvalue weighted by Gasteiger charge is -2.28. The van der Waals surface area contributed by atoms with Crippen LogP contribution in [0.3, 0.4) is 0 Å². The first-order valence-corrected chi connectivity index (χ1v) is 7.71. The third kappa shape index (κ3) is 4.91. The van der Waals surface area contributed by atoms with E-state index in [-0.39, 0.29) is 0 Å². The number of thioether (sulfide) groups is 2. The van der Waals surface area contributed by atoms with Gasteiger partial charge in [-0.05, 0) is 31.8 Å². The van der Waals surface area contributed by atoms with E-state index < -0.39 is 5.60 Å². The predicted octanol–water partition coefficient (Wildman–Crippen LogP) is 1.59. The first kappa shape index (κ1) is 12.7. The van der Waals surface area contributed by atoms with E-state index in [1.807, 2.05) is 24.9 Å². The van der Waals surface area contributed by atoms with Gasteiger partial charge in [-0.1, -0.05) is 0 Å². The van der Waals surface area contributed by atoms with Crippen molar-refractivity contribution in [2.75, 3.05) is 30.1 Å². The molecular formula is C10H21NOS2. The van der Waals surface area contributed by atoms with Crippen molar-refractivity contribution in [2.24, 2.45) is 0 Å². The Morgan fingerprint density at radius 2 is 2.43 bits per heavy atom. The Morgan fingerprint density at radius 1 is 1.64 bits per heavy atom. The molecule has 0 radical (unpaired) electrons. The lowest BCUT2D eigenvalue weighted by molar-refractivity contribution is 0.0818. The fourth-order valence-corrected chi connectivity index (χ4v) is 3.46. The van der Waals surface area contributed by atoms with Crippen molar-refractivity contribution in [3.63, 3.8) is 0 Å². The number of aliphatic hydroxyl groups is 1. The van der Waals surface area contributed by atoms with Gasteiger partial charge in [-0.3, -0.25) is 0 Å². The van der Waals surface area contributed by atoms with Gasteiger partial charge >= 0.3 is 0 Å². The van der Waals surface area contributed by atoms with Crippen LogP contribution in [0.5, 0.6) is 0 Å². The Balaban J connectivity index is 2.17. The van der Waals surface area contributed by atoms with Crippen LogP contribution in [0, 0.1) is 0 Å². The van der Waals surface area contributed by atoms with E-state index in [9.17, 15) is 5.11 Å². The highest BCUT2D eigenvalue weighted by atomic mass is 32.2. The summed E-state index contributed by atoms with van der Waals surface area (Å²) >= 11 is 3.72. The third-order valence-electron chi connectivity index (χ3n) is 2.39. The Kier molecular flexibility index (Phi) is 5.67. The highest BCUT2D eigenvalue weighted by Crippen LogP contribution is 2.17. The Bertz CT molecular complexity index is 158. The molecule has 1 aliphatic heterocycles. The lowest BCUT2D eigenvalue weighted by atomic mass is 10.1. The van der Waals surface area contributed by atoms with Crippen molar-refractivity contribution in [3.8, 4) is 0 Å². The maximum absolute atomic E-state index is 9.95. The van der Waals surface area contributed by atoms with E-state index in [2.05, 4.69) is 5.32 Å². The van der Waals surface area contributed by atoms with Gasteiger partial charge in [0.25, 0.3) is 0 Å². The number of rotatable bonds is 5. The van der Waals surface area contributed by atoms with Crippen molar-refractivity contribution >= 4 is 23.5 Å². The summed E-state index contributed by atoms with van der Waals surface area (Å²) in [5.41, 5.74) is -0.554. The molecule has 1 rings (SSSR count). The van der Waals surface area contributed by atoms with E-state index in [0.29, 0.717) is 6.04 Å². The zero-order chi connectivity index (χ0) is 10.4. The van der Waals surface area contributed by atoms with Gasteiger partial charge in [0.05, 0.1) is 5.60 Å². The molecule has 0 bridgehead atoms. The molecule has 1 heterocycles. The normalized spacial score (nSPS) is 27.2. The van der Waals surface area contributed by atoms with Crippen LogP contribution in [0.2, 0.25) is 0 Å². The van der Waals surface area contributed by atoms with Crippen LogP contribution < -0.4 is 5.32 Å². The molecule has 1 aliphatic rings. The fourth-order valence-electron chi connectivity index (χ4n) is 1.63. The maximum Gasteiger partial charge on any atom is 0.0833 e. The van der Waals surface area contributed by atoms with Crippen LogP contribution in [0.15, 0.2) is 0 Å². The zero-order valence-electron chi connectivity index (χ0n) is 9.08. The van der Waals surface area contributed by atoms with Crippen molar-refractivity contribution < 1.29 is 5.11 Å². The highest BCUT2D eigenvalue weighted by Gasteiger charge is 2.22. The number of nitrogens with one attached hydrogen (secondary N) is 1. The van der Waals surface area contributed by atoms with Gasteiger partial charge in [-0.2, -0.15) is 23.5 Å². The van der Waals surface area contributed by atoms with Crippen LogP contribution in [0.4, 0.5) is 0 Å². The van der Waals surface area contributed by atoms with E-state index in [1.54, 1.807) is 11.8 Å². The molecule has 0 spiro atoms. The molecule has 0 aliphatic carbocycles. The number of hydrogen-bond donors (Lipinski definition) is 2. The molecule has 14 heavy (non-hydrogen) atoms.